The van der Waals surface area contributed by atoms with Gasteiger partial charge in [0.2, 0.25) is 0 Å². The van der Waals surface area contributed by atoms with E-state index in [1.165, 1.54) is 0 Å². The molecule has 0 aromatic rings. The van der Waals surface area contributed by atoms with Crippen molar-refractivity contribution in [2.75, 3.05) is 19.8 Å². The van der Waals surface area contributed by atoms with Crippen LogP contribution in [0.25, 0.3) is 0 Å². The Bertz CT molecular complexity index is 84.6. The van der Waals surface area contributed by atoms with Crippen molar-refractivity contribution in [3.8, 4) is 0 Å². The Labute approximate surface area is 83.5 Å². The number of hydrogen-bond donors (Lipinski definition) is 1. The molecule has 80 valence electrons. The summed E-state index contributed by atoms with van der Waals surface area (Å²) in [4.78, 5) is 0. The second-order valence-electron chi connectivity index (χ2n) is 3.10. The average Bonchev–Trinajstić information content (AvgIpc) is 2.17. The first-order valence-corrected chi connectivity index (χ1v) is 7.04. The van der Waals surface area contributed by atoms with Crippen LogP contribution in [0.5, 0.6) is 0 Å². The third-order valence-corrected chi connectivity index (χ3v) is 3.75. The molecule has 0 heterocycles. The molecule has 0 spiro atoms. The van der Waals surface area contributed by atoms with Crippen LogP contribution in [-0.2, 0) is 8.85 Å². The van der Waals surface area contributed by atoms with Gasteiger partial charge in [-0.15, -0.1) is 0 Å². The third kappa shape index (κ3) is 8.43. The predicted octanol–water partition coefficient (Wildman–Crippen LogP) is 1.41. The molecule has 0 amide bonds. The van der Waals surface area contributed by atoms with E-state index < -0.39 is 9.28 Å². The lowest BCUT2D eigenvalue weighted by Gasteiger charge is -2.15. The van der Waals surface area contributed by atoms with Gasteiger partial charge < -0.3 is 14.6 Å². The maximum Gasteiger partial charge on any atom is 0.321 e. The smallest absolute Gasteiger partial charge is 0.321 e. The molecule has 0 aliphatic rings. The molecule has 0 saturated carbocycles. The number of rotatable bonds is 9. The summed E-state index contributed by atoms with van der Waals surface area (Å²) in [7, 11) is -1.37. The van der Waals surface area contributed by atoms with E-state index in [-0.39, 0.29) is 0 Å². The Morgan fingerprint density at radius 2 is 1.62 bits per heavy atom. The highest BCUT2D eigenvalue weighted by Gasteiger charge is 2.11. The van der Waals surface area contributed by atoms with E-state index in [4.69, 9.17) is 14.6 Å². The van der Waals surface area contributed by atoms with Gasteiger partial charge in [0.05, 0.1) is 0 Å². The molecule has 0 saturated heterocycles. The Balaban J connectivity index is 3.47. The molecule has 0 rings (SSSR count). The van der Waals surface area contributed by atoms with Crippen molar-refractivity contribution < 1.29 is 8.85 Å². The van der Waals surface area contributed by atoms with Crippen molar-refractivity contribution in [1.82, 2.24) is 0 Å². The number of hydrogen-bond acceptors (Lipinski definition) is 3. The van der Waals surface area contributed by atoms with Gasteiger partial charge in [-0.1, -0.05) is 13.8 Å². The maximum atomic E-state index is 5.66. The fourth-order valence-electron chi connectivity index (χ4n) is 0.998. The normalized spacial score (nSPS) is 11.1. The van der Waals surface area contributed by atoms with Gasteiger partial charge in [0.1, 0.15) is 0 Å². The van der Waals surface area contributed by atoms with Crippen LogP contribution in [0, 0.1) is 0 Å². The van der Waals surface area contributed by atoms with Crippen LogP contribution in [0.1, 0.15) is 33.1 Å². The Morgan fingerprint density at radius 1 is 1.08 bits per heavy atom. The zero-order valence-corrected chi connectivity index (χ0v) is 10.1. The highest BCUT2D eigenvalue weighted by Crippen LogP contribution is 2.02. The van der Waals surface area contributed by atoms with Crippen LogP contribution in [0.2, 0.25) is 6.04 Å². The van der Waals surface area contributed by atoms with Gasteiger partial charge in [-0.25, -0.2) is 0 Å². The molecule has 0 unspecified atom stereocenters. The predicted molar refractivity (Wildman–Crippen MR) is 58.1 cm³/mol. The van der Waals surface area contributed by atoms with E-state index in [2.05, 4.69) is 13.8 Å². The minimum absolute atomic E-state index is 0.745. The molecule has 0 fully saturated rings. The molecule has 0 aromatic heterocycles. The van der Waals surface area contributed by atoms with Crippen molar-refractivity contribution in [2.45, 2.75) is 39.2 Å². The van der Waals surface area contributed by atoms with Gasteiger partial charge in [0.15, 0.2) is 0 Å². The first-order valence-electron chi connectivity index (χ1n) is 5.28. The quantitative estimate of drug-likeness (QED) is 0.579. The van der Waals surface area contributed by atoms with Crippen molar-refractivity contribution in [2.24, 2.45) is 5.73 Å². The zero-order valence-electron chi connectivity index (χ0n) is 8.92. The summed E-state index contributed by atoms with van der Waals surface area (Å²) < 4.78 is 11.3. The molecule has 0 aliphatic carbocycles. The van der Waals surface area contributed by atoms with Gasteiger partial charge in [0, 0.05) is 13.2 Å². The van der Waals surface area contributed by atoms with Crippen molar-refractivity contribution in [3.63, 3.8) is 0 Å². The minimum Gasteiger partial charge on any atom is -0.397 e. The highest BCUT2D eigenvalue weighted by molar-refractivity contribution is 6.44. The second-order valence-corrected chi connectivity index (χ2v) is 5.21. The minimum atomic E-state index is -1.37. The van der Waals surface area contributed by atoms with E-state index in [1.54, 1.807) is 0 Å². The summed E-state index contributed by atoms with van der Waals surface area (Å²) in [6.45, 7) is 6.66. The Kier molecular flexibility index (Phi) is 10.3. The van der Waals surface area contributed by atoms with Crippen LogP contribution < -0.4 is 5.73 Å². The van der Waals surface area contributed by atoms with Crippen LogP contribution in [0.15, 0.2) is 0 Å². The van der Waals surface area contributed by atoms with Crippen molar-refractivity contribution in [1.29, 1.82) is 0 Å². The standard InChI is InChI=1S/C9H23NO2Si/c1-3-7-11-13(9-5-6-10)12-8-4-2/h13H,3-10H2,1-2H3. The van der Waals surface area contributed by atoms with Crippen molar-refractivity contribution >= 4 is 9.28 Å². The first-order chi connectivity index (χ1) is 6.35. The molecule has 0 atom stereocenters. The summed E-state index contributed by atoms with van der Waals surface area (Å²) in [6, 6.07) is 1.05. The van der Waals surface area contributed by atoms with Crippen LogP contribution >= 0.6 is 0 Å². The average molecular weight is 205 g/mol. The maximum absolute atomic E-state index is 5.66. The molecule has 0 radical (unpaired) electrons. The summed E-state index contributed by atoms with van der Waals surface area (Å²) >= 11 is 0. The van der Waals surface area contributed by atoms with Gasteiger partial charge >= 0.3 is 9.28 Å². The summed E-state index contributed by atoms with van der Waals surface area (Å²) in [6.07, 6.45) is 3.17. The van der Waals surface area contributed by atoms with Gasteiger partial charge in [0.25, 0.3) is 0 Å². The summed E-state index contributed by atoms with van der Waals surface area (Å²) in [5.41, 5.74) is 5.45. The van der Waals surface area contributed by atoms with Gasteiger partial charge in [-0.3, -0.25) is 0 Å². The SMILES string of the molecule is CCCO[SiH](CCCN)OCCC. The largest absolute Gasteiger partial charge is 0.397 e. The lowest BCUT2D eigenvalue weighted by molar-refractivity contribution is 0.196. The van der Waals surface area contributed by atoms with E-state index in [1.807, 2.05) is 0 Å². The molecule has 0 aromatic carbocycles. The Hall–Kier alpha value is 0.0969. The second kappa shape index (κ2) is 10.2. The lowest BCUT2D eigenvalue weighted by Crippen LogP contribution is -2.24. The summed E-state index contributed by atoms with van der Waals surface area (Å²) in [5.74, 6) is 0. The topological polar surface area (TPSA) is 44.5 Å². The molecular formula is C9H23NO2Si. The highest BCUT2D eigenvalue weighted by atomic mass is 28.3. The van der Waals surface area contributed by atoms with Crippen LogP contribution in [0.4, 0.5) is 0 Å². The van der Waals surface area contributed by atoms with E-state index in [0.717, 1.165) is 45.1 Å². The molecule has 0 bridgehead atoms. The molecule has 13 heavy (non-hydrogen) atoms. The fourth-order valence-corrected chi connectivity index (χ4v) is 2.99. The molecule has 2 N–H and O–H groups in total. The monoisotopic (exact) mass is 205 g/mol. The first kappa shape index (κ1) is 13.1. The van der Waals surface area contributed by atoms with Gasteiger partial charge in [-0.05, 0) is 31.9 Å². The zero-order chi connectivity index (χ0) is 9.94. The van der Waals surface area contributed by atoms with E-state index in [0.29, 0.717) is 0 Å². The summed E-state index contributed by atoms with van der Waals surface area (Å²) in [5, 5.41) is 0. The van der Waals surface area contributed by atoms with Crippen LogP contribution in [0.3, 0.4) is 0 Å². The van der Waals surface area contributed by atoms with E-state index in [9.17, 15) is 0 Å². The molecular weight excluding hydrogens is 182 g/mol. The molecule has 3 nitrogen and oxygen atoms in total. The lowest BCUT2D eigenvalue weighted by atomic mass is 10.5. The molecule has 0 aliphatic heterocycles. The fraction of sp³-hybridized carbons (Fsp3) is 1.00. The van der Waals surface area contributed by atoms with Crippen LogP contribution in [-0.4, -0.2) is 29.0 Å². The molecule has 4 heteroatoms. The Morgan fingerprint density at radius 3 is 2.00 bits per heavy atom. The van der Waals surface area contributed by atoms with Crippen molar-refractivity contribution in [3.05, 3.63) is 0 Å². The number of nitrogens with two attached hydrogens (primary N) is 1. The van der Waals surface area contributed by atoms with Gasteiger partial charge in [-0.2, -0.15) is 0 Å². The van der Waals surface area contributed by atoms with E-state index >= 15 is 0 Å². The third-order valence-electron chi connectivity index (χ3n) is 1.66.